The third kappa shape index (κ3) is 54.4. The Hall–Kier alpha value is -0.370. The van der Waals surface area contributed by atoms with E-state index in [0.717, 1.165) is 6.42 Å². The maximum Gasteiger partial charge on any atom is 0.126 e. The summed E-state index contributed by atoms with van der Waals surface area (Å²) in [4.78, 5) is 9.44. The molecule has 0 spiro atoms. The van der Waals surface area contributed by atoms with Crippen LogP contribution in [0.1, 0.15) is 48.0 Å². The first-order chi connectivity index (χ1) is 5.54. The van der Waals surface area contributed by atoms with Gasteiger partial charge in [0.2, 0.25) is 0 Å². The maximum absolute atomic E-state index is 9.44. The fourth-order valence-electron chi connectivity index (χ4n) is 0.129. The smallest absolute Gasteiger partial charge is 0.126 e. The molecule has 0 rings (SSSR count). The van der Waals surface area contributed by atoms with Crippen LogP contribution in [-0.2, 0) is 4.79 Å². The zero-order valence-electron chi connectivity index (χ0n) is 9.35. The molecule has 1 N–H and O–H groups in total. The Morgan fingerprint density at radius 2 is 1.58 bits per heavy atom. The first-order valence-electron chi connectivity index (χ1n) is 4.62. The van der Waals surface area contributed by atoms with Crippen molar-refractivity contribution in [3.05, 3.63) is 0 Å². The first kappa shape index (κ1) is 17.6. The molecule has 0 aromatic rings. The molecule has 0 aliphatic heterocycles. The van der Waals surface area contributed by atoms with Gasteiger partial charge in [-0.3, -0.25) is 0 Å². The zero-order chi connectivity index (χ0) is 10.6. The average Bonchev–Trinajstić information content (AvgIpc) is 2.06. The van der Waals surface area contributed by atoms with Gasteiger partial charge in [0, 0.05) is 6.61 Å². The Labute approximate surface area is 77.0 Å². The highest BCUT2D eigenvalue weighted by Crippen LogP contribution is 1.95. The van der Waals surface area contributed by atoms with Crippen molar-refractivity contribution < 1.29 is 9.90 Å². The largest absolute Gasteiger partial charge is 0.396 e. The van der Waals surface area contributed by atoms with Crippen molar-refractivity contribution in [3.63, 3.8) is 0 Å². The summed E-state index contributed by atoms with van der Waals surface area (Å²) >= 11 is 0. The Balaban J connectivity index is -0.000000118. The van der Waals surface area contributed by atoms with Crippen LogP contribution >= 0.6 is 0 Å². The van der Waals surface area contributed by atoms with Gasteiger partial charge in [-0.15, -0.1) is 0 Å². The van der Waals surface area contributed by atoms with E-state index in [1.165, 1.54) is 13.8 Å². The molecule has 0 aromatic carbocycles. The molecule has 2 nitrogen and oxygen atoms in total. The predicted molar refractivity (Wildman–Crippen MR) is 54.2 cm³/mol. The fraction of sp³-hybridized carbons (Fsp3) is 0.900. The molecule has 0 saturated carbocycles. The number of carbonyl (C=O) groups is 1. The van der Waals surface area contributed by atoms with Crippen LogP contribution in [0.5, 0.6) is 0 Å². The van der Waals surface area contributed by atoms with Crippen LogP contribution in [0, 0.1) is 5.92 Å². The molecule has 0 saturated heterocycles. The second kappa shape index (κ2) is 16.9. The number of rotatable bonds is 2. The molecule has 0 aromatic heterocycles. The second-order valence-corrected chi connectivity index (χ2v) is 2.60. The summed E-state index contributed by atoms with van der Waals surface area (Å²) in [6.45, 7) is 11.5. The standard InChI is InChI=1S/C5H12O.C3H6O.C2H6/c1-3-5(2)4-6;1-3(2)4;1-2/h5-6H,3-4H2,1-2H3;1-2H3;1-2H3. The minimum atomic E-state index is 0.167. The van der Waals surface area contributed by atoms with Gasteiger partial charge in [0.25, 0.3) is 0 Å². The van der Waals surface area contributed by atoms with Crippen molar-refractivity contribution in [2.24, 2.45) is 5.92 Å². The highest BCUT2D eigenvalue weighted by Gasteiger charge is 1.90. The Morgan fingerprint density at radius 3 is 1.58 bits per heavy atom. The molecule has 2 heteroatoms. The minimum absolute atomic E-state index is 0.167. The Bertz CT molecular complexity index is 71.9. The van der Waals surface area contributed by atoms with E-state index >= 15 is 0 Å². The van der Waals surface area contributed by atoms with E-state index in [9.17, 15) is 4.79 Å². The van der Waals surface area contributed by atoms with Crippen molar-refractivity contribution in [1.82, 2.24) is 0 Å². The highest BCUT2D eigenvalue weighted by atomic mass is 16.3. The molecule has 0 fully saturated rings. The predicted octanol–water partition coefficient (Wildman–Crippen LogP) is 2.65. The van der Waals surface area contributed by atoms with E-state index in [4.69, 9.17) is 5.11 Å². The monoisotopic (exact) mass is 176 g/mol. The lowest BCUT2D eigenvalue weighted by Crippen LogP contribution is -1.96. The summed E-state index contributed by atoms with van der Waals surface area (Å²) < 4.78 is 0. The van der Waals surface area contributed by atoms with Crippen LogP contribution in [0.4, 0.5) is 0 Å². The van der Waals surface area contributed by atoms with Gasteiger partial charge >= 0.3 is 0 Å². The van der Waals surface area contributed by atoms with Gasteiger partial charge in [0.15, 0.2) is 0 Å². The number of hydrogen-bond acceptors (Lipinski definition) is 2. The summed E-state index contributed by atoms with van der Waals surface area (Å²) in [5.41, 5.74) is 0. The third-order valence-electron chi connectivity index (χ3n) is 1.01. The van der Waals surface area contributed by atoms with Gasteiger partial charge in [0.1, 0.15) is 5.78 Å². The molecule has 76 valence electrons. The average molecular weight is 176 g/mol. The summed E-state index contributed by atoms with van der Waals surface area (Å²) in [7, 11) is 0. The van der Waals surface area contributed by atoms with Gasteiger partial charge in [0.05, 0.1) is 0 Å². The quantitative estimate of drug-likeness (QED) is 0.702. The molecule has 0 amide bonds. The SMILES string of the molecule is CC.CC(C)=O.CCC(C)CO. The molecule has 1 atom stereocenters. The summed E-state index contributed by atoms with van der Waals surface area (Å²) in [5, 5.41) is 8.33. The second-order valence-electron chi connectivity index (χ2n) is 2.60. The molecule has 0 aliphatic carbocycles. The van der Waals surface area contributed by atoms with Gasteiger partial charge in [-0.2, -0.15) is 0 Å². The van der Waals surface area contributed by atoms with Crippen LogP contribution < -0.4 is 0 Å². The summed E-state index contributed by atoms with van der Waals surface area (Å²) in [6.07, 6.45) is 1.08. The number of Topliss-reactive ketones (excluding diaryl/α,β-unsaturated/α-hetero) is 1. The summed E-state index contributed by atoms with van der Waals surface area (Å²) in [6, 6.07) is 0. The van der Waals surface area contributed by atoms with Crippen molar-refractivity contribution >= 4 is 5.78 Å². The van der Waals surface area contributed by atoms with Gasteiger partial charge in [-0.1, -0.05) is 34.1 Å². The minimum Gasteiger partial charge on any atom is -0.396 e. The molecule has 0 bridgehead atoms. The van der Waals surface area contributed by atoms with E-state index < -0.39 is 0 Å². The Kier molecular flexibility index (Phi) is 24.9. The van der Waals surface area contributed by atoms with Crippen LogP contribution in [0.15, 0.2) is 0 Å². The van der Waals surface area contributed by atoms with E-state index in [-0.39, 0.29) is 5.78 Å². The lowest BCUT2D eigenvalue weighted by Gasteiger charge is -1.98. The normalized spacial score (nSPS) is 9.92. The zero-order valence-corrected chi connectivity index (χ0v) is 9.35. The summed E-state index contributed by atoms with van der Waals surface area (Å²) in [5.74, 6) is 0.657. The molecule has 0 aliphatic rings. The fourth-order valence-corrected chi connectivity index (χ4v) is 0.129. The van der Waals surface area contributed by atoms with E-state index in [0.29, 0.717) is 12.5 Å². The van der Waals surface area contributed by atoms with E-state index in [2.05, 4.69) is 6.92 Å². The lowest BCUT2D eigenvalue weighted by molar-refractivity contribution is -0.114. The Morgan fingerprint density at radius 1 is 1.33 bits per heavy atom. The van der Waals surface area contributed by atoms with Gasteiger partial charge < -0.3 is 9.90 Å². The van der Waals surface area contributed by atoms with Gasteiger partial charge in [-0.05, 0) is 19.8 Å². The molecular formula is C10H24O2. The maximum atomic E-state index is 9.44. The van der Waals surface area contributed by atoms with Crippen molar-refractivity contribution in [2.45, 2.75) is 48.0 Å². The molecule has 0 heterocycles. The number of hydrogen-bond donors (Lipinski definition) is 1. The van der Waals surface area contributed by atoms with Crippen molar-refractivity contribution in [1.29, 1.82) is 0 Å². The number of aliphatic hydroxyl groups excluding tert-OH is 1. The van der Waals surface area contributed by atoms with Crippen molar-refractivity contribution in [3.8, 4) is 0 Å². The number of aliphatic hydroxyl groups is 1. The molecule has 12 heavy (non-hydrogen) atoms. The third-order valence-corrected chi connectivity index (χ3v) is 1.01. The number of carbonyl (C=O) groups excluding carboxylic acids is 1. The van der Waals surface area contributed by atoms with Gasteiger partial charge in [-0.25, -0.2) is 0 Å². The van der Waals surface area contributed by atoms with Crippen LogP contribution in [-0.4, -0.2) is 17.5 Å². The van der Waals surface area contributed by atoms with E-state index in [1.807, 2.05) is 20.8 Å². The van der Waals surface area contributed by atoms with Crippen LogP contribution in [0.25, 0.3) is 0 Å². The lowest BCUT2D eigenvalue weighted by atomic mass is 10.1. The van der Waals surface area contributed by atoms with Crippen LogP contribution in [0.2, 0.25) is 0 Å². The van der Waals surface area contributed by atoms with Crippen LogP contribution in [0.3, 0.4) is 0 Å². The molecule has 1 unspecified atom stereocenters. The van der Waals surface area contributed by atoms with E-state index in [1.54, 1.807) is 0 Å². The first-order valence-corrected chi connectivity index (χ1v) is 4.62. The number of ketones is 1. The highest BCUT2D eigenvalue weighted by molar-refractivity contribution is 5.72. The molecule has 0 radical (unpaired) electrons. The molecular weight excluding hydrogens is 152 g/mol. The van der Waals surface area contributed by atoms with Crippen molar-refractivity contribution in [2.75, 3.05) is 6.61 Å². The topological polar surface area (TPSA) is 37.3 Å².